The van der Waals surface area contributed by atoms with Crippen LogP contribution >= 0.6 is 11.3 Å². The predicted octanol–water partition coefficient (Wildman–Crippen LogP) is 2.65. The average molecular weight is 263 g/mol. The molecule has 2 aromatic rings. The first-order chi connectivity index (χ1) is 8.84. The van der Waals surface area contributed by atoms with Crippen molar-refractivity contribution >= 4 is 27.4 Å². The van der Waals surface area contributed by atoms with Crippen molar-refractivity contribution in [1.29, 1.82) is 0 Å². The maximum atomic E-state index is 9.95. The molecule has 2 atom stereocenters. The Hall–Kier alpha value is -1.20. The Morgan fingerprint density at radius 1 is 1.33 bits per heavy atom. The highest BCUT2D eigenvalue weighted by Crippen LogP contribution is 2.27. The molecular weight excluding hydrogens is 246 g/mol. The van der Waals surface area contributed by atoms with Gasteiger partial charge in [-0.15, -0.1) is 11.3 Å². The van der Waals surface area contributed by atoms with Crippen molar-refractivity contribution in [2.75, 3.05) is 11.9 Å². The molecule has 96 valence electrons. The van der Waals surface area contributed by atoms with Gasteiger partial charge in [-0.05, 0) is 24.3 Å². The maximum Gasteiger partial charge on any atom is 0.138 e. The Morgan fingerprint density at radius 2 is 2.22 bits per heavy atom. The van der Waals surface area contributed by atoms with E-state index in [0.29, 0.717) is 5.92 Å². The first kappa shape index (κ1) is 11.9. The van der Waals surface area contributed by atoms with Gasteiger partial charge in [0.15, 0.2) is 0 Å². The molecule has 0 bridgehead atoms. The van der Waals surface area contributed by atoms with E-state index in [4.69, 9.17) is 0 Å². The molecule has 2 aromatic heterocycles. The highest BCUT2D eigenvalue weighted by Gasteiger charge is 2.22. The summed E-state index contributed by atoms with van der Waals surface area (Å²) >= 11 is 1.62. The molecule has 1 saturated carbocycles. The molecule has 2 N–H and O–H groups in total. The molecule has 5 heteroatoms. The normalized spacial score (nSPS) is 24.3. The third kappa shape index (κ3) is 2.33. The zero-order valence-electron chi connectivity index (χ0n) is 10.2. The van der Waals surface area contributed by atoms with E-state index < -0.39 is 0 Å². The van der Waals surface area contributed by atoms with Gasteiger partial charge in [-0.2, -0.15) is 0 Å². The summed E-state index contributed by atoms with van der Waals surface area (Å²) in [5, 5.41) is 16.4. The topological polar surface area (TPSA) is 58.0 Å². The van der Waals surface area contributed by atoms with Crippen molar-refractivity contribution < 1.29 is 5.11 Å². The molecule has 0 aliphatic heterocycles. The van der Waals surface area contributed by atoms with E-state index in [-0.39, 0.29) is 6.10 Å². The molecule has 0 amide bonds. The van der Waals surface area contributed by atoms with E-state index in [2.05, 4.69) is 15.3 Å². The molecule has 1 aliphatic rings. The van der Waals surface area contributed by atoms with Gasteiger partial charge in [0.05, 0.1) is 11.5 Å². The van der Waals surface area contributed by atoms with E-state index in [1.165, 1.54) is 6.42 Å². The smallest absolute Gasteiger partial charge is 0.138 e. The number of thiophene rings is 1. The van der Waals surface area contributed by atoms with Crippen molar-refractivity contribution in [1.82, 2.24) is 9.97 Å². The molecule has 2 heterocycles. The van der Waals surface area contributed by atoms with Crippen LogP contribution in [0.3, 0.4) is 0 Å². The van der Waals surface area contributed by atoms with Crippen LogP contribution < -0.4 is 5.32 Å². The summed E-state index contributed by atoms with van der Waals surface area (Å²) in [4.78, 5) is 9.53. The second kappa shape index (κ2) is 5.20. The maximum absolute atomic E-state index is 9.95. The molecular formula is C13H17N3OS. The summed E-state index contributed by atoms with van der Waals surface area (Å²) in [6.45, 7) is 0.795. The quantitative estimate of drug-likeness (QED) is 0.894. The average Bonchev–Trinajstić information content (AvgIpc) is 2.86. The molecule has 0 saturated heterocycles. The summed E-state index contributed by atoms with van der Waals surface area (Å²) in [6, 6.07) is 2.04. The SMILES string of the molecule is O[C@H]1CCCC[C@@H]1CNc1ncnc2sccc12. The van der Waals surface area contributed by atoms with Crippen LogP contribution in [0.2, 0.25) is 0 Å². The number of rotatable bonds is 3. The first-order valence-corrected chi connectivity index (χ1v) is 7.32. The molecule has 4 nitrogen and oxygen atoms in total. The van der Waals surface area contributed by atoms with E-state index >= 15 is 0 Å². The van der Waals surface area contributed by atoms with Crippen molar-refractivity contribution in [3.8, 4) is 0 Å². The predicted molar refractivity (Wildman–Crippen MR) is 73.9 cm³/mol. The number of anilines is 1. The van der Waals surface area contributed by atoms with Crippen LogP contribution in [0.15, 0.2) is 17.8 Å². The van der Waals surface area contributed by atoms with Gasteiger partial charge in [0, 0.05) is 12.5 Å². The number of hydrogen-bond donors (Lipinski definition) is 2. The molecule has 0 aromatic carbocycles. The number of nitrogens with one attached hydrogen (secondary N) is 1. The number of hydrogen-bond acceptors (Lipinski definition) is 5. The third-order valence-electron chi connectivity index (χ3n) is 3.66. The lowest BCUT2D eigenvalue weighted by molar-refractivity contribution is 0.0763. The Morgan fingerprint density at radius 3 is 3.11 bits per heavy atom. The van der Waals surface area contributed by atoms with Crippen LogP contribution in [0.1, 0.15) is 25.7 Å². The minimum atomic E-state index is -0.161. The lowest BCUT2D eigenvalue weighted by atomic mass is 9.86. The van der Waals surface area contributed by atoms with Crippen LogP contribution in [-0.2, 0) is 0 Å². The number of fused-ring (bicyclic) bond motifs is 1. The highest BCUT2D eigenvalue weighted by molar-refractivity contribution is 7.16. The van der Waals surface area contributed by atoms with Crippen molar-refractivity contribution in [3.05, 3.63) is 17.8 Å². The van der Waals surface area contributed by atoms with E-state index in [0.717, 1.165) is 41.8 Å². The summed E-state index contributed by atoms with van der Waals surface area (Å²) < 4.78 is 0. The fourth-order valence-corrected chi connectivity index (χ4v) is 3.32. The Bertz CT molecular complexity index is 528. The zero-order valence-corrected chi connectivity index (χ0v) is 11.0. The monoisotopic (exact) mass is 263 g/mol. The lowest BCUT2D eigenvalue weighted by Gasteiger charge is -2.27. The Labute approximate surface area is 110 Å². The van der Waals surface area contributed by atoms with Crippen molar-refractivity contribution in [2.24, 2.45) is 5.92 Å². The number of nitrogens with zero attached hydrogens (tertiary/aromatic N) is 2. The summed E-state index contributed by atoms with van der Waals surface area (Å²) in [6.07, 6.45) is 5.85. The Balaban J connectivity index is 1.71. The molecule has 0 spiro atoms. The Kier molecular flexibility index (Phi) is 3.43. The number of aliphatic hydroxyl groups excluding tert-OH is 1. The lowest BCUT2D eigenvalue weighted by Crippen LogP contribution is -2.30. The van der Waals surface area contributed by atoms with Crippen LogP contribution in [0.5, 0.6) is 0 Å². The largest absolute Gasteiger partial charge is 0.393 e. The summed E-state index contributed by atoms with van der Waals surface area (Å²) in [5.41, 5.74) is 0. The van der Waals surface area contributed by atoms with Crippen LogP contribution in [0.25, 0.3) is 10.2 Å². The second-order valence-corrected chi connectivity index (χ2v) is 5.75. The van der Waals surface area contributed by atoms with Crippen molar-refractivity contribution in [2.45, 2.75) is 31.8 Å². The first-order valence-electron chi connectivity index (χ1n) is 6.45. The van der Waals surface area contributed by atoms with E-state index in [9.17, 15) is 5.11 Å². The van der Waals surface area contributed by atoms with E-state index in [1.807, 2.05) is 11.4 Å². The zero-order chi connectivity index (χ0) is 12.4. The number of aromatic nitrogens is 2. The van der Waals surface area contributed by atoms with Gasteiger partial charge >= 0.3 is 0 Å². The van der Waals surface area contributed by atoms with Gasteiger partial charge < -0.3 is 10.4 Å². The minimum absolute atomic E-state index is 0.161. The highest BCUT2D eigenvalue weighted by atomic mass is 32.1. The molecule has 0 unspecified atom stereocenters. The van der Waals surface area contributed by atoms with E-state index in [1.54, 1.807) is 17.7 Å². The van der Waals surface area contributed by atoms with Gasteiger partial charge in [-0.1, -0.05) is 12.8 Å². The van der Waals surface area contributed by atoms with Gasteiger partial charge in [0.1, 0.15) is 17.0 Å². The summed E-state index contributed by atoms with van der Waals surface area (Å²) in [5.74, 6) is 1.24. The second-order valence-electron chi connectivity index (χ2n) is 4.85. The fraction of sp³-hybridized carbons (Fsp3) is 0.538. The van der Waals surface area contributed by atoms with Crippen LogP contribution in [-0.4, -0.2) is 27.7 Å². The van der Waals surface area contributed by atoms with Gasteiger partial charge in [0.2, 0.25) is 0 Å². The van der Waals surface area contributed by atoms with Gasteiger partial charge in [-0.25, -0.2) is 9.97 Å². The third-order valence-corrected chi connectivity index (χ3v) is 4.48. The van der Waals surface area contributed by atoms with Crippen LogP contribution in [0.4, 0.5) is 5.82 Å². The fourth-order valence-electron chi connectivity index (χ4n) is 2.58. The van der Waals surface area contributed by atoms with Crippen molar-refractivity contribution in [3.63, 3.8) is 0 Å². The molecule has 3 rings (SSSR count). The molecule has 1 aliphatic carbocycles. The van der Waals surface area contributed by atoms with Crippen LogP contribution in [0, 0.1) is 5.92 Å². The standard InChI is InChI=1S/C13H17N3OS/c17-11-4-2-1-3-9(11)7-14-12-10-5-6-18-13(10)16-8-15-12/h5-6,8-9,11,17H,1-4,7H2,(H,14,15,16)/t9-,11+/m1/s1. The summed E-state index contributed by atoms with van der Waals surface area (Å²) in [7, 11) is 0. The molecule has 1 fully saturated rings. The molecule has 0 radical (unpaired) electrons. The van der Waals surface area contributed by atoms with Gasteiger partial charge in [-0.3, -0.25) is 0 Å². The molecule has 18 heavy (non-hydrogen) atoms. The van der Waals surface area contributed by atoms with Gasteiger partial charge in [0.25, 0.3) is 0 Å². The number of aliphatic hydroxyl groups is 1. The minimum Gasteiger partial charge on any atom is -0.393 e.